The third-order valence-corrected chi connectivity index (χ3v) is 3.82. The van der Waals surface area contributed by atoms with Gasteiger partial charge in [-0.1, -0.05) is 6.07 Å². The Balaban J connectivity index is 2.10. The molecule has 1 aliphatic heterocycles. The van der Waals surface area contributed by atoms with Crippen LogP contribution >= 0.6 is 0 Å². The summed E-state index contributed by atoms with van der Waals surface area (Å²) < 4.78 is 0. The molecule has 19 heavy (non-hydrogen) atoms. The maximum atomic E-state index is 4.56. The highest BCUT2D eigenvalue weighted by molar-refractivity contribution is 5.82. The summed E-state index contributed by atoms with van der Waals surface area (Å²) in [7, 11) is 0. The van der Waals surface area contributed by atoms with Crippen molar-refractivity contribution >= 4 is 11.9 Å². The van der Waals surface area contributed by atoms with E-state index in [4.69, 9.17) is 0 Å². The minimum Gasteiger partial charge on any atom is -0.372 e. The summed E-state index contributed by atoms with van der Waals surface area (Å²) in [5.74, 6) is 0. The highest BCUT2D eigenvalue weighted by atomic mass is 15.5. The Morgan fingerprint density at radius 1 is 1.21 bits per heavy atom. The van der Waals surface area contributed by atoms with Crippen LogP contribution in [-0.2, 0) is 0 Å². The average Bonchev–Trinajstić information content (AvgIpc) is 2.92. The lowest BCUT2D eigenvalue weighted by molar-refractivity contribution is 0.362. The van der Waals surface area contributed by atoms with E-state index in [0.29, 0.717) is 0 Å². The van der Waals surface area contributed by atoms with Crippen molar-refractivity contribution in [1.82, 2.24) is 5.01 Å². The second-order valence-electron chi connectivity index (χ2n) is 5.12. The molecule has 0 N–H and O–H groups in total. The third kappa shape index (κ3) is 3.49. The SMILES string of the molecule is CCN(CC)c1ccc(C=NN2CCCC2)c(C)c1. The molecule has 3 heteroatoms. The number of nitrogens with zero attached hydrogens (tertiary/aromatic N) is 3. The molecule has 1 aliphatic rings. The van der Waals surface area contributed by atoms with Gasteiger partial charge in [-0.05, 0) is 56.9 Å². The molecule has 0 atom stereocenters. The lowest BCUT2D eigenvalue weighted by Crippen LogP contribution is -2.21. The zero-order chi connectivity index (χ0) is 13.7. The smallest absolute Gasteiger partial charge is 0.0545 e. The van der Waals surface area contributed by atoms with Crippen LogP contribution in [0.4, 0.5) is 5.69 Å². The summed E-state index contributed by atoms with van der Waals surface area (Å²) in [6, 6.07) is 6.65. The summed E-state index contributed by atoms with van der Waals surface area (Å²) in [5, 5.41) is 6.73. The fraction of sp³-hybridized carbons (Fsp3) is 0.562. The van der Waals surface area contributed by atoms with E-state index in [1.807, 2.05) is 6.21 Å². The Morgan fingerprint density at radius 3 is 2.47 bits per heavy atom. The van der Waals surface area contributed by atoms with Gasteiger partial charge >= 0.3 is 0 Å². The third-order valence-electron chi connectivity index (χ3n) is 3.82. The van der Waals surface area contributed by atoms with E-state index in [0.717, 1.165) is 26.2 Å². The molecule has 1 heterocycles. The van der Waals surface area contributed by atoms with Gasteiger partial charge in [0.25, 0.3) is 0 Å². The molecule has 0 aliphatic carbocycles. The number of benzene rings is 1. The van der Waals surface area contributed by atoms with Crippen LogP contribution in [0.5, 0.6) is 0 Å². The van der Waals surface area contributed by atoms with E-state index in [1.165, 1.54) is 29.7 Å². The highest BCUT2D eigenvalue weighted by Crippen LogP contribution is 2.18. The van der Waals surface area contributed by atoms with Gasteiger partial charge in [0.2, 0.25) is 0 Å². The number of rotatable bonds is 5. The van der Waals surface area contributed by atoms with Crippen LogP contribution in [-0.4, -0.2) is 37.4 Å². The number of hydrazone groups is 1. The van der Waals surface area contributed by atoms with Crippen LogP contribution in [0.2, 0.25) is 0 Å². The number of hydrogen-bond acceptors (Lipinski definition) is 3. The van der Waals surface area contributed by atoms with Crippen molar-refractivity contribution in [2.24, 2.45) is 5.10 Å². The summed E-state index contributed by atoms with van der Waals surface area (Å²) in [6.45, 7) is 10.9. The molecule has 0 aromatic heterocycles. The van der Waals surface area contributed by atoms with Gasteiger partial charge in [-0.25, -0.2) is 0 Å². The zero-order valence-electron chi connectivity index (χ0n) is 12.4. The predicted molar refractivity (Wildman–Crippen MR) is 83.1 cm³/mol. The molecular formula is C16H25N3. The fourth-order valence-electron chi connectivity index (χ4n) is 2.55. The van der Waals surface area contributed by atoms with Crippen molar-refractivity contribution in [2.75, 3.05) is 31.1 Å². The Bertz CT molecular complexity index is 430. The number of aryl methyl sites for hydroxylation is 1. The molecule has 0 radical (unpaired) electrons. The molecule has 0 unspecified atom stereocenters. The molecular weight excluding hydrogens is 234 g/mol. The van der Waals surface area contributed by atoms with Crippen molar-refractivity contribution in [3.05, 3.63) is 29.3 Å². The molecule has 1 fully saturated rings. The van der Waals surface area contributed by atoms with E-state index in [1.54, 1.807) is 0 Å². The van der Waals surface area contributed by atoms with Crippen LogP contribution in [0.1, 0.15) is 37.8 Å². The van der Waals surface area contributed by atoms with Crippen molar-refractivity contribution in [1.29, 1.82) is 0 Å². The fourth-order valence-corrected chi connectivity index (χ4v) is 2.55. The first-order valence-electron chi connectivity index (χ1n) is 7.39. The summed E-state index contributed by atoms with van der Waals surface area (Å²) >= 11 is 0. The van der Waals surface area contributed by atoms with Crippen LogP contribution < -0.4 is 4.90 Å². The minimum absolute atomic E-state index is 1.05. The second kappa shape index (κ2) is 6.60. The van der Waals surface area contributed by atoms with E-state index in [-0.39, 0.29) is 0 Å². The molecule has 0 amide bonds. The Hall–Kier alpha value is -1.51. The van der Waals surface area contributed by atoms with E-state index >= 15 is 0 Å². The molecule has 1 saturated heterocycles. The monoisotopic (exact) mass is 259 g/mol. The predicted octanol–water partition coefficient (Wildman–Crippen LogP) is 3.27. The topological polar surface area (TPSA) is 18.8 Å². The average molecular weight is 259 g/mol. The molecule has 1 aromatic carbocycles. The number of hydrogen-bond donors (Lipinski definition) is 0. The van der Waals surface area contributed by atoms with Gasteiger partial charge in [0.05, 0.1) is 6.21 Å². The van der Waals surface area contributed by atoms with Crippen LogP contribution in [0.3, 0.4) is 0 Å². The first kappa shape index (κ1) is 13.9. The van der Waals surface area contributed by atoms with Crippen molar-refractivity contribution in [2.45, 2.75) is 33.6 Å². The molecule has 1 aromatic rings. The summed E-state index contributed by atoms with van der Waals surface area (Å²) in [4.78, 5) is 2.37. The highest BCUT2D eigenvalue weighted by Gasteiger charge is 2.08. The molecule has 2 rings (SSSR count). The first-order chi connectivity index (χ1) is 9.24. The van der Waals surface area contributed by atoms with E-state index in [2.05, 4.69) is 54.0 Å². The lowest BCUT2D eigenvalue weighted by atomic mass is 10.1. The van der Waals surface area contributed by atoms with Crippen LogP contribution in [0.15, 0.2) is 23.3 Å². The molecule has 0 bridgehead atoms. The van der Waals surface area contributed by atoms with Gasteiger partial charge in [-0.15, -0.1) is 0 Å². The normalized spacial score (nSPS) is 15.4. The largest absolute Gasteiger partial charge is 0.372 e. The van der Waals surface area contributed by atoms with Gasteiger partial charge in [0.15, 0.2) is 0 Å². The van der Waals surface area contributed by atoms with Gasteiger partial charge < -0.3 is 4.90 Å². The standard InChI is InChI=1S/C16H25N3/c1-4-18(5-2)16-9-8-15(14(3)12-16)13-17-19-10-6-7-11-19/h8-9,12-13H,4-7,10-11H2,1-3H3. The lowest BCUT2D eigenvalue weighted by Gasteiger charge is -2.21. The van der Waals surface area contributed by atoms with E-state index < -0.39 is 0 Å². The first-order valence-corrected chi connectivity index (χ1v) is 7.39. The molecule has 0 spiro atoms. The van der Waals surface area contributed by atoms with Gasteiger partial charge in [0, 0.05) is 31.9 Å². The molecule has 0 saturated carbocycles. The Labute approximate surface area is 116 Å². The zero-order valence-corrected chi connectivity index (χ0v) is 12.4. The van der Waals surface area contributed by atoms with Crippen LogP contribution in [0, 0.1) is 6.92 Å². The van der Waals surface area contributed by atoms with Crippen molar-refractivity contribution in [3.63, 3.8) is 0 Å². The summed E-state index contributed by atoms with van der Waals surface area (Å²) in [5.41, 5.74) is 3.83. The van der Waals surface area contributed by atoms with Gasteiger partial charge in [0.1, 0.15) is 0 Å². The molecule has 3 nitrogen and oxygen atoms in total. The Kier molecular flexibility index (Phi) is 4.83. The Morgan fingerprint density at radius 2 is 1.89 bits per heavy atom. The second-order valence-corrected chi connectivity index (χ2v) is 5.12. The van der Waals surface area contributed by atoms with Gasteiger partial charge in [-0.3, -0.25) is 5.01 Å². The summed E-state index contributed by atoms with van der Waals surface area (Å²) in [6.07, 6.45) is 4.56. The van der Waals surface area contributed by atoms with Crippen molar-refractivity contribution < 1.29 is 0 Å². The quantitative estimate of drug-likeness (QED) is 0.756. The maximum absolute atomic E-state index is 4.56. The van der Waals surface area contributed by atoms with Crippen molar-refractivity contribution in [3.8, 4) is 0 Å². The van der Waals surface area contributed by atoms with E-state index in [9.17, 15) is 0 Å². The minimum atomic E-state index is 1.05. The van der Waals surface area contributed by atoms with Gasteiger partial charge in [-0.2, -0.15) is 5.10 Å². The number of anilines is 1. The van der Waals surface area contributed by atoms with Crippen LogP contribution in [0.25, 0.3) is 0 Å². The maximum Gasteiger partial charge on any atom is 0.0545 e. The molecule has 104 valence electrons.